The first-order valence-corrected chi connectivity index (χ1v) is 3.42. The summed E-state index contributed by atoms with van der Waals surface area (Å²) < 4.78 is 12.4. The van der Waals surface area contributed by atoms with Crippen LogP contribution >= 0.6 is 11.6 Å². The topological polar surface area (TPSA) is 32.3 Å². The van der Waals surface area contributed by atoms with Gasteiger partial charge in [-0.3, -0.25) is 0 Å². The monoisotopic (exact) mass is 175 g/mol. The fourth-order valence-electron chi connectivity index (χ4n) is 0.750. The molecule has 0 fully saturated rings. The molecule has 0 saturated carbocycles. The highest BCUT2D eigenvalue weighted by Crippen LogP contribution is 2.16. The summed E-state index contributed by atoms with van der Waals surface area (Å²) in [5, 5.41) is 8.62. The van der Waals surface area contributed by atoms with Crippen LogP contribution in [-0.4, -0.2) is 5.21 Å². The molecule has 0 radical (unpaired) electrons. The second-order valence-corrected chi connectivity index (χ2v) is 2.48. The smallest absolute Gasteiger partial charge is 0.124 e. The van der Waals surface area contributed by atoms with Crippen molar-refractivity contribution in [1.82, 2.24) is 5.48 Å². The summed E-state index contributed by atoms with van der Waals surface area (Å²) >= 11 is 5.62. The minimum Gasteiger partial charge on any atom is -0.316 e. The minimum atomic E-state index is -0.378. The molecule has 4 heteroatoms. The van der Waals surface area contributed by atoms with E-state index in [1.54, 1.807) is 0 Å². The molecule has 0 aromatic heterocycles. The van der Waals surface area contributed by atoms with Crippen LogP contribution in [-0.2, 0) is 6.54 Å². The largest absolute Gasteiger partial charge is 0.316 e. The predicted octanol–water partition coefficient (Wildman–Crippen LogP) is 1.96. The molecule has 1 aromatic carbocycles. The molecule has 0 aliphatic rings. The van der Waals surface area contributed by atoms with E-state index in [1.807, 2.05) is 5.48 Å². The van der Waals surface area contributed by atoms with Gasteiger partial charge < -0.3 is 5.21 Å². The SMILES string of the molecule is ONCc1ccc(F)cc1Cl. The normalized spacial score (nSPS) is 10.1. The van der Waals surface area contributed by atoms with Crippen molar-refractivity contribution in [2.24, 2.45) is 0 Å². The third-order valence-electron chi connectivity index (χ3n) is 1.28. The van der Waals surface area contributed by atoms with Crippen LogP contribution < -0.4 is 5.48 Å². The zero-order chi connectivity index (χ0) is 8.27. The molecule has 1 rings (SSSR count). The third kappa shape index (κ3) is 2.15. The number of halogens is 2. The Labute approximate surface area is 68.6 Å². The summed E-state index contributed by atoms with van der Waals surface area (Å²) in [5.41, 5.74) is 2.60. The zero-order valence-electron chi connectivity index (χ0n) is 5.64. The lowest BCUT2D eigenvalue weighted by Crippen LogP contribution is -2.06. The molecule has 0 unspecified atom stereocenters. The molecule has 0 spiro atoms. The van der Waals surface area contributed by atoms with E-state index in [2.05, 4.69) is 0 Å². The fourth-order valence-corrected chi connectivity index (χ4v) is 0.984. The molecule has 0 heterocycles. The maximum absolute atomic E-state index is 12.4. The minimum absolute atomic E-state index is 0.221. The first kappa shape index (κ1) is 8.46. The third-order valence-corrected chi connectivity index (χ3v) is 1.64. The lowest BCUT2D eigenvalue weighted by molar-refractivity contribution is 0.161. The highest BCUT2D eigenvalue weighted by molar-refractivity contribution is 6.31. The first-order chi connectivity index (χ1) is 5.24. The second kappa shape index (κ2) is 3.67. The average molecular weight is 176 g/mol. The van der Waals surface area contributed by atoms with E-state index in [-0.39, 0.29) is 12.4 Å². The molecule has 0 aliphatic heterocycles. The number of hydrogen-bond donors (Lipinski definition) is 2. The first-order valence-electron chi connectivity index (χ1n) is 3.05. The predicted molar refractivity (Wildman–Crippen MR) is 40.0 cm³/mol. The average Bonchev–Trinajstić information content (AvgIpc) is 1.95. The molecule has 0 aliphatic carbocycles. The molecule has 0 amide bonds. The Kier molecular flexibility index (Phi) is 2.82. The number of hydroxylamine groups is 1. The van der Waals surface area contributed by atoms with Crippen LogP contribution in [0.15, 0.2) is 18.2 Å². The van der Waals surface area contributed by atoms with Crippen molar-refractivity contribution < 1.29 is 9.60 Å². The maximum Gasteiger partial charge on any atom is 0.124 e. The van der Waals surface area contributed by atoms with Gasteiger partial charge in [0.2, 0.25) is 0 Å². The van der Waals surface area contributed by atoms with Crippen molar-refractivity contribution in [2.45, 2.75) is 6.54 Å². The van der Waals surface area contributed by atoms with Crippen molar-refractivity contribution >= 4 is 11.6 Å². The number of nitrogens with one attached hydrogen (secondary N) is 1. The standard InChI is InChI=1S/C7H7ClFNO/c8-7-3-6(9)2-1-5(7)4-10-11/h1-3,10-11H,4H2. The van der Waals surface area contributed by atoms with E-state index in [0.717, 1.165) is 0 Å². The van der Waals surface area contributed by atoms with Crippen molar-refractivity contribution in [3.63, 3.8) is 0 Å². The van der Waals surface area contributed by atoms with E-state index in [1.165, 1.54) is 18.2 Å². The van der Waals surface area contributed by atoms with Gasteiger partial charge in [-0.25, -0.2) is 9.87 Å². The van der Waals surface area contributed by atoms with Crippen LogP contribution in [0.4, 0.5) is 4.39 Å². The summed E-state index contributed by atoms with van der Waals surface area (Å²) in [7, 11) is 0. The van der Waals surface area contributed by atoms with E-state index < -0.39 is 0 Å². The van der Waals surface area contributed by atoms with Crippen molar-refractivity contribution in [3.8, 4) is 0 Å². The van der Waals surface area contributed by atoms with Crippen LogP contribution in [0.5, 0.6) is 0 Å². The van der Waals surface area contributed by atoms with E-state index in [9.17, 15) is 4.39 Å². The highest BCUT2D eigenvalue weighted by atomic mass is 35.5. The molecule has 60 valence electrons. The molecule has 2 N–H and O–H groups in total. The Morgan fingerprint density at radius 1 is 1.55 bits per heavy atom. The molecular formula is C7H7ClFNO. The lowest BCUT2D eigenvalue weighted by Gasteiger charge is -2.01. The number of rotatable bonds is 2. The Morgan fingerprint density at radius 2 is 2.27 bits per heavy atom. The zero-order valence-corrected chi connectivity index (χ0v) is 6.40. The summed E-state index contributed by atoms with van der Waals surface area (Å²) in [4.78, 5) is 0. The Bertz CT molecular complexity index is 254. The van der Waals surface area contributed by atoms with Gasteiger partial charge in [0.1, 0.15) is 5.82 Å². The van der Waals surface area contributed by atoms with Crippen molar-refractivity contribution in [2.75, 3.05) is 0 Å². The van der Waals surface area contributed by atoms with E-state index in [0.29, 0.717) is 10.6 Å². The van der Waals surface area contributed by atoms with Gasteiger partial charge in [0.05, 0.1) is 0 Å². The number of benzene rings is 1. The van der Waals surface area contributed by atoms with Crippen molar-refractivity contribution in [1.29, 1.82) is 0 Å². The van der Waals surface area contributed by atoms with Crippen LogP contribution in [0.1, 0.15) is 5.56 Å². The summed E-state index contributed by atoms with van der Waals surface area (Å²) in [6, 6.07) is 4.01. The van der Waals surface area contributed by atoms with Gasteiger partial charge in [-0.2, -0.15) is 0 Å². The Balaban J connectivity index is 2.90. The van der Waals surface area contributed by atoms with Crippen LogP contribution in [0.25, 0.3) is 0 Å². The molecule has 2 nitrogen and oxygen atoms in total. The van der Waals surface area contributed by atoms with Crippen molar-refractivity contribution in [3.05, 3.63) is 34.6 Å². The number of hydrogen-bond acceptors (Lipinski definition) is 2. The van der Waals surface area contributed by atoms with Crippen LogP contribution in [0.2, 0.25) is 5.02 Å². The van der Waals surface area contributed by atoms with E-state index >= 15 is 0 Å². The van der Waals surface area contributed by atoms with Gasteiger partial charge in [0, 0.05) is 11.6 Å². The summed E-state index contributed by atoms with van der Waals surface area (Å²) in [5.74, 6) is -0.378. The van der Waals surface area contributed by atoms with Gasteiger partial charge in [-0.05, 0) is 17.7 Å². The summed E-state index contributed by atoms with van der Waals surface area (Å²) in [6.45, 7) is 0.221. The molecule has 0 atom stereocenters. The van der Waals surface area contributed by atoms with Crippen LogP contribution in [0, 0.1) is 5.82 Å². The highest BCUT2D eigenvalue weighted by Gasteiger charge is 1.99. The summed E-state index contributed by atoms with van der Waals surface area (Å²) in [6.07, 6.45) is 0. The van der Waals surface area contributed by atoms with Gasteiger partial charge in [-0.1, -0.05) is 17.7 Å². The molecule has 11 heavy (non-hydrogen) atoms. The lowest BCUT2D eigenvalue weighted by atomic mass is 10.2. The van der Waals surface area contributed by atoms with Crippen LogP contribution in [0.3, 0.4) is 0 Å². The maximum atomic E-state index is 12.4. The van der Waals surface area contributed by atoms with E-state index in [4.69, 9.17) is 16.8 Å². The molecule has 1 aromatic rings. The second-order valence-electron chi connectivity index (χ2n) is 2.07. The quantitative estimate of drug-likeness (QED) is 0.674. The Hall–Kier alpha value is -0.640. The fraction of sp³-hybridized carbons (Fsp3) is 0.143. The molecule has 0 saturated heterocycles. The van der Waals surface area contributed by atoms with Gasteiger partial charge >= 0.3 is 0 Å². The molecule has 0 bridgehead atoms. The van der Waals surface area contributed by atoms with Gasteiger partial charge in [-0.15, -0.1) is 0 Å². The van der Waals surface area contributed by atoms with Gasteiger partial charge in [0.25, 0.3) is 0 Å². The Morgan fingerprint density at radius 3 is 2.82 bits per heavy atom. The van der Waals surface area contributed by atoms with Gasteiger partial charge in [0.15, 0.2) is 0 Å². The molecular weight excluding hydrogens is 169 g/mol.